The number of carbonyl (C=O) groups excluding carboxylic acids is 2. The summed E-state index contributed by atoms with van der Waals surface area (Å²) in [5, 5.41) is 42.4. The van der Waals surface area contributed by atoms with E-state index in [-0.39, 0.29) is 18.8 Å². The largest absolute Gasteiger partial charge is 0.459 e. The van der Waals surface area contributed by atoms with Gasteiger partial charge in [0.15, 0.2) is 0 Å². The molecule has 2 aliphatic rings. The van der Waals surface area contributed by atoms with E-state index in [4.69, 9.17) is 9.47 Å². The number of carbonyl (C=O) groups is 2. The number of hydrogen-bond donors (Lipinski definition) is 4. The van der Waals surface area contributed by atoms with Gasteiger partial charge in [-0.3, -0.25) is 9.59 Å². The molecule has 2 rings (SSSR count). The molecule has 168 valence electrons. The molecular weight excluding hydrogens is 380 g/mol. The fraction of sp³-hybridized carbons (Fsp3) is 0.905. The zero-order valence-electron chi connectivity index (χ0n) is 18.1. The predicted octanol–water partition coefficient (Wildman–Crippen LogP) is 0.284. The summed E-state index contributed by atoms with van der Waals surface area (Å²) in [6.07, 6.45) is -5.28. The van der Waals surface area contributed by atoms with E-state index in [1.54, 1.807) is 27.7 Å². The van der Waals surface area contributed by atoms with Crippen molar-refractivity contribution in [3.63, 3.8) is 0 Å². The van der Waals surface area contributed by atoms with Crippen LogP contribution in [0.1, 0.15) is 48.0 Å². The monoisotopic (exact) mass is 416 g/mol. The smallest absolute Gasteiger partial charge is 0.311 e. The summed E-state index contributed by atoms with van der Waals surface area (Å²) in [6.45, 7) is 9.79. The topological polar surface area (TPSA) is 137 Å². The minimum atomic E-state index is -1.21. The fourth-order valence-corrected chi connectivity index (χ4v) is 4.53. The van der Waals surface area contributed by atoms with Crippen LogP contribution in [0.25, 0.3) is 0 Å². The summed E-state index contributed by atoms with van der Waals surface area (Å²) in [7, 11) is 0. The number of aliphatic hydroxyl groups is 4. The third-order valence-electron chi connectivity index (χ3n) is 6.86. The zero-order valence-corrected chi connectivity index (χ0v) is 18.1. The number of cyclic esters (lactones) is 1. The van der Waals surface area contributed by atoms with E-state index < -0.39 is 71.7 Å². The minimum absolute atomic E-state index is 0.194. The van der Waals surface area contributed by atoms with E-state index in [1.807, 2.05) is 0 Å². The second-order valence-electron chi connectivity index (χ2n) is 9.22. The first-order valence-corrected chi connectivity index (χ1v) is 10.4. The Labute approximate surface area is 172 Å². The van der Waals surface area contributed by atoms with Gasteiger partial charge in [0.1, 0.15) is 17.5 Å². The first-order chi connectivity index (χ1) is 13.3. The van der Waals surface area contributed by atoms with Crippen molar-refractivity contribution in [1.82, 2.24) is 0 Å². The molecule has 2 heterocycles. The summed E-state index contributed by atoms with van der Waals surface area (Å²) in [6, 6.07) is 0. The van der Waals surface area contributed by atoms with Gasteiger partial charge in [-0.05, 0) is 20.3 Å². The van der Waals surface area contributed by atoms with E-state index in [0.717, 1.165) is 0 Å². The zero-order chi connectivity index (χ0) is 22.3. The van der Waals surface area contributed by atoms with Crippen LogP contribution in [-0.2, 0) is 19.1 Å². The first-order valence-electron chi connectivity index (χ1n) is 10.4. The lowest BCUT2D eigenvalue weighted by atomic mass is 9.76. The summed E-state index contributed by atoms with van der Waals surface area (Å²) in [5.74, 6) is -4.53. The summed E-state index contributed by atoms with van der Waals surface area (Å²) >= 11 is 0. The van der Waals surface area contributed by atoms with Crippen LogP contribution in [0.4, 0.5) is 0 Å². The lowest BCUT2D eigenvalue weighted by molar-refractivity contribution is -0.174. The second kappa shape index (κ2) is 8.98. The van der Waals surface area contributed by atoms with Crippen molar-refractivity contribution in [3.05, 3.63) is 0 Å². The van der Waals surface area contributed by atoms with Gasteiger partial charge < -0.3 is 29.9 Å². The molecule has 0 unspecified atom stereocenters. The van der Waals surface area contributed by atoms with Crippen LogP contribution >= 0.6 is 0 Å². The summed E-state index contributed by atoms with van der Waals surface area (Å²) in [4.78, 5) is 25.5. The Balaban J connectivity index is 2.40. The predicted molar refractivity (Wildman–Crippen MR) is 104 cm³/mol. The molecule has 1 spiro atoms. The average molecular weight is 417 g/mol. The molecule has 2 aliphatic heterocycles. The van der Waals surface area contributed by atoms with Gasteiger partial charge in [0.05, 0.1) is 36.9 Å². The molecule has 8 nitrogen and oxygen atoms in total. The highest BCUT2D eigenvalue weighted by Gasteiger charge is 2.56. The molecule has 0 aromatic carbocycles. The maximum absolute atomic E-state index is 12.9. The van der Waals surface area contributed by atoms with Crippen LogP contribution in [0.3, 0.4) is 0 Å². The SMILES string of the molecule is C[C@@H]1[C@H](O)[C@@H](C)C(=O)[C@H](C)C[C@]2(CO2)[C@H](O)[C@@H](C)[C@H](O)[C@@H](C)C(=O)O[C@@H]1[C@@H](C)O. The van der Waals surface area contributed by atoms with Crippen molar-refractivity contribution in [2.75, 3.05) is 6.61 Å². The standard InChI is InChI=1S/C21H36O8/c1-9-7-21(8-28-21)19(26)12(4)17(25)13(5)20(27)29-18(14(6)22)11(3)16(24)10(2)15(9)23/h9-14,16-19,22,24-26H,7-8H2,1-6H3/t9-,10+,11-,12+,13-,14-,16-,17+,18+,19-,21+/m1/s1. The summed E-state index contributed by atoms with van der Waals surface area (Å²) in [5.41, 5.74) is -0.943. The van der Waals surface area contributed by atoms with E-state index in [0.29, 0.717) is 0 Å². The second-order valence-corrected chi connectivity index (χ2v) is 9.22. The Morgan fingerprint density at radius 1 is 0.966 bits per heavy atom. The van der Waals surface area contributed by atoms with Crippen LogP contribution in [0.2, 0.25) is 0 Å². The van der Waals surface area contributed by atoms with Gasteiger partial charge in [0, 0.05) is 23.7 Å². The van der Waals surface area contributed by atoms with Crippen LogP contribution in [0.5, 0.6) is 0 Å². The molecule has 2 saturated heterocycles. The molecule has 11 atom stereocenters. The fourth-order valence-electron chi connectivity index (χ4n) is 4.53. The van der Waals surface area contributed by atoms with Gasteiger partial charge in [0.2, 0.25) is 0 Å². The number of ether oxygens (including phenoxy) is 2. The third-order valence-corrected chi connectivity index (χ3v) is 6.86. The van der Waals surface area contributed by atoms with Crippen molar-refractivity contribution < 1.29 is 39.5 Å². The molecule has 29 heavy (non-hydrogen) atoms. The number of aliphatic hydroxyl groups excluding tert-OH is 4. The van der Waals surface area contributed by atoms with Gasteiger partial charge in [-0.1, -0.05) is 27.7 Å². The van der Waals surface area contributed by atoms with Gasteiger partial charge in [-0.15, -0.1) is 0 Å². The van der Waals surface area contributed by atoms with Gasteiger partial charge in [-0.25, -0.2) is 0 Å². The van der Waals surface area contributed by atoms with E-state index >= 15 is 0 Å². The van der Waals surface area contributed by atoms with Crippen molar-refractivity contribution in [2.24, 2.45) is 29.6 Å². The molecular formula is C21H36O8. The molecule has 0 aromatic heterocycles. The van der Waals surface area contributed by atoms with Gasteiger partial charge in [0.25, 0.3) is 0 Å². The van der Waals surface area contributed by atoms with Gasteiger partial charge >= 0.3 is 5.97 Å². The molecule has 2 fully saturated rings. The highest BCUT2D eigenvalue weighted by atomic mass is 16.6. The Kier molecular flexibility index (Phi) is 7.49. The average Bonchev–Trinajstić information content (AvgIpc) is 3.46. The number of epoxide rings is 1. The number of hydrogen-bond acceptors (Lipinski definition) is 8. The highest BCUT2D eigenvalue weighted by molar-refractivity contribution is 5.83. The molecule has 0 aromatic rings. The molecule has 0 saturated carbocycles. The van der Waals surface area contributed by atoms with E-state index in [1.165, 1.54) is 13.8 Å². The number of esters is 1. The molecule has 8 heteroatoms. The number of Topliss-reactive ketones (excluding diaryl/α,β-unsaturated/α-hetero) is 1. The molecule has 0 amide bonds. The van der Waals surface area contributed by atoms with Crippen molar-refractivity contribution >= 4 is 11.8 Å². The minimum Gasteiger partial charge on any atom is -0.459 e. The van der Waals surface area contributed by atoms with Crippen LogP contribution in [-0.4, -0.2) is 74.9 Å². The van der Waals surface area contributed by atoms with Crippen LogP contribution < -0.4 is 0 Å². The van der Waals surface area contributed by atoms with Crippen molar-refractivity contribution in [3.8, 4) is 0 Å². The highest BCUT2D eigenvalue weighted by Crippen LogP contribution is 2.42. The van der Waals surface area contributed by atoms with E-state index in [9.17, 15) is 30.0 Å². The quantitative estimate of drug-likeness (QED) is 0.353. The molecule has 0 bridgehead atoms. The van der Waals surface area contributed by atoms with Crippen LogP contribution in [0, 0.1) is 29.6 Å². The Morgan fingerprint density at radius 3 is 1.97 bits per heavy atom. The lowest BCUT2D eigenvalue weighted by Crippen LogP contribution is -2.49. The maximum Gasteiger partial charge on any atom is 0.311 e. The molecule has 0 radical (unpaired) electrons. The summed E-state index contributed by atoms with van der Waals surface area (Å²) < 4.78 is 11.0. The van der Waals surface area contributed by atoms with Gasteiger partial charge in [-0.2, -0.15) is 0 Å². The lowest BCUT2D eigenvalue weighted by Gasteiger charge is -2.36. The van der Waals surface area contributed by atoms with Crippen LogP contribution in [0.15, 0.2) is 0 Å². The number of rotatable bonds is 1. The Hall–Kier alpha value is -1.06. The first kappa shape index (κ1) is 24.2. The number of ketones is 1. The Bertz CT molecular complexity index is 601. The van der Waals surface area contributed by atoms with Crippen molar-refractivity contribution in [2.45, 2.75) is 84.1 Å². The van der Waals surface area contributed by atoms with Crippen molar-refractivity contribution in [1.29, 1.82) is 0 Å². The Morgan fingerprint density at radius 2 is 1.48 bits per heavy atom. The van der Waals surface area contributed by atoms with E-state index in [2.05, 4.69) is 0 Å². The molecule has 4 N–H and O–H groups in total. The normalized spacial score (nSPS) is 48.7. The maximum atomic E-state index is 12.9. The third kappa shape index (κ3) is 4.82. The molecule has 0 aliphatic carbocycles.